The van der Waals surface area contributed by atoms with Crippen LogP contribution in [0, 0.1) is 0 Å². The van der Waals surface area contributed by atoms with Crippen LogP contribution in [0.2, 0.25) is 0 Å². The van der Waals surface area contributed by atoms with Crippen molar-refractivity contribution in [3.05, 3.63) is 24.3 Å². The van der Waals surface area contributed by atoms with Gasteiger partial charge in [0.1, 0.15) is 6.29 Å². The molecule has 15 heavy (non-hydrogen) atoms. The summed E-state index contributed by atoms with van der Waals surface area (Å²) in [5, 5.41) is 0. The van der Waals surface area contributed by atoms with Gasteiger partial charge in [-0.1, -0.05) is 12.1 Å². The van der Waals surface area contributed by atoms with Crippen LogP contribution in [0.3, 0.4) is 0 Å². The van der Waals surface area contributed by atoms with Crippen LogP contribution in [0.15, 0.2) is 29.2 Å². The number of carbonyl (C=O) groups excluding carboxylic acids is 1. The number of rotatable bonds is 4. The van der Waals surface area contributed by atoms with E-state index in [9.17, 15) is 4.79 Å². The maximum Gasteiger partial charge on any atom is 0.140 e. The number of aldehydes is 1. The van der Waals surface area contributed by atoms with Crippen molar-refractivity contribution in [1.82, 2.24) is 4.72 Å². The number of anilines is 1. The Hall–Kier alpha value is -1.00. The van der Waals surface area contributed by atoms with Gasteiger partial charge in [-0.05, 0) is 43.3 Å². The fourth-order valence-corrected chi connectivity index (χ4v) is 2.43. The molecule has 1 aliphatic rings. The molecule has 1 aliphatic carbocycles. The number of nitrogens with two attached hydrogens (primary N) is 1. The van der Waals surface area contributed by atoms with Crippen LogP contribution in [0.25, 0.3) is 0 Å². The van der Waals surface area contributed by atoms with E-state index >= 15 is 0 Å². The molecule has 0 aromatic heterocycles. The summed E-state index contributed by atoms with van der Waals surface area (Å²) >= 11 is 1.45. The Morgan fingerprint density at radius 2 is 2.13 bits per heavy atom. The molecular formula is C11H14N2OS. The van der Waals surface area contributed by atoms with Crippen molar-refractivity contribution in [1.29, 1.82) is 0 Å². The molecule has 2 rings (SSSR count). The molecule has 0 radical (unpaired) electrons. The summed E-state index contributed by atoms with van der Waals surface area (Å²) in [5.74, 6) is 0. The summed E-state index contributed by atoms with van der Waals surface area (Å²) in [4.78, 5) is 11.9. The molecule has 1 saturated carbocycles. The molecule has 0 aliphatic heterocycles. The number of hydrogen-bond acceptors (Lipinski definition) is 4. The zero-order valence-electron chi connectivity index (χ0n) is 8.40. The van der Waals surface area contributed by atoms with Crippen LogP contribution in [0.4, 0.5) is 5.69 Å². The van der Waals surface area contributed by atoms with Crippen LogP contribution < -0.4 is 10.5 Å². The van der Waals surface area contributed by atoms with Gasteiger partial charge < -0.3 is 10.5 Å². The number of nitrogen functional groups attached to an aromatic ring is 1. The molecule has 3 nitrogen and oxygen atoms in total. The Bertz CT molecular complexity index is 363. The van der Waals surface area contributed by atoms with Crippen molar-refractivity contribution in [2.75, 3.05) is 5.73 Å². The summed E-state index contributed by atoms with van der Waals surface area (Å²) < 4.78 is 3.21. The largest absolute Gasteiger partial charge is 0.398 e. The predicted octanol–water partition coefficient (Wildman–Crippen LogP) is 1.99. The molecule has 0 amide bonds. The number of para-hydroxylation sites is 1. The predicted molar refractivity (Wildman–Crippen MR) is 62.5 cm³/mol. The number of hydrogen-bond donors (Lipinski definition) is 2. The third-order valence-electron chi connectivity index (χ3n) is 2.75. The van der Waals surface area contributed by atoms with Gasteiger partial charge >= 0.3 is 0 Å². The summed E-state index contributed by atoms with van der Waals surface area (Å²) in [6, 6.07) is 7.65. The molecule has 0 heterocycles. The van der Waals surface area contributed by atoms with Gasteiger partial charge in [0.2, 0.25) is 0 Å². The first-order valence-corrected chi connectivity index (χ1v) is 5.82. The van der Waals surface area contributed by atoms with E-state index in [2.05, 4.69) is 4.72 Å². The van der Waals surface area contributed by atoms with Gasteiger partial charge in [-0.2, -0.15) is 0 Å². The first kappa shape index (κ1) is 10.5. The molecule has 1 aromatic carbocycles. The molecule has 80 valence electrons. The SMILES string of the molecule is Nc1ccccc1SNC1(C=O)CCC1. The minimum Gasteiger partial charge on any atom is -0.398 e. The van der Waals surface area contributed by atoms with Crippen molar-refractivity contribution >= 4 is 23.9 Å². The summed E-state index contributed by atoms with van der Waals surface area (Å²) in [6.45, 7) is 0. The monoisotopic (exact) mass is 222 g/mol. The van der Waals surface area contributed by atoms with E-state index < -0.39 is 0 Å². The molecule has 0 saturated heterocycles. The Morgan fingerprint density at radius 1 is 1.40 bits per heavy atom. The van der Waals surface area contributed by atoms with E-state index in [1.807, 2.05) is 24.3 Å². The smallest absolute Gasteiger partial charge is 0.140 e. The summed E-state index contributed by atoms with van der Waals surface area (Å²) in [6.07, 6.45) is 3.99. The number of benzene rings is 1. The van der Waals surface area contributed by atoms with Gasteiger partial charge in [0.05, 0.1) is 5.54 Å². The van der Waals surface area contributed by atoms with Crippen LogP contribution in [-0.4, -0.2) is 11.8 Å². The van der Waals surface area contributed by atoms with Gasteiger partial charge in [0, 0.05) is 10.6 Å². The van der Waals surface area contributed by atoms with Gasteiger partial charge in [-0.15, -0.1) is 0 Å². The van der Waals surface area contributed by atoms with Crippen LogP contribution >= 0.6 is 11.9 Å². The topological polar surface area (TPSA) is 55.1 Å². The van der Waals surface area contributed by atoms with E-state index in [0.717, 1.165) is 36.1 Å². The lowest BCUT2D eigenvalue weighted by molar-refractivity contribution is -0.115. The lowest BCUT2D eigenvalue weighted by Crippen LogP contribution is -2.49. The Balaban J connectivity index is 1.98. The van der Waals surface area contributed by atoms with Crippen LogP contribution in [-0.2, 0) is 4.79 Å². The van der Waals surface area contributed by atoms with Crippen molar-refractivity contribution in [3.63, 3.8) is 0 Å². The van der Waals surface area contributed by atoms with Gasteiger partial charge in [0.15, 0.2) is 0 Å². The van der Waals surface area contributed by atoms with Crippen molar-refractivity contribution < 1.29 is 4.79 Å². The van der Waals surface area contributed by atoms with E-state index in [4.69, 9.17) is 5.73 Å². The normalized spacial score (nSPS) is 18.1. The Kier molecular flexibility index (Phi) is 2.98. The van der Waals surface area contributed by atoms with Crippen molar-refractivity contribution in [3.8, 4) is 0 Å². The summed E-state index contributed by atoms with van der Waals surface area (Å²) in [5.41, 5.74) is 6.23. The molecule has 3 N–H and O–H groups in total. The molecule has 0 atom stereocenters. The minimum absolute atomic E-state index is 0.313. The van der Waals surface area contributed by atoms with Crippen molar-refractivity contribution in [2.45, 2.75) is 29.7 Å². The fraction of sp³-hybridized carbons (Fsp3) is 0.364. The second-order valence-corrected chi connectivity index (χ2v) is 4.72. The Labute approximate surface area is 93.6 Å². The third-order valence-corrected chi connectivity index (χ3v) is 3.85. The van der Waals surface area contributed by atoms with Gasteiger partial charge in [-0.3, -0.25) is 0 Å². The van der Waals surface area contributed by atoms with Crippen LogP contribution in [0.5, 0.6) is 0 Å². The molecule has 0 unspecified atom stereocenters. The third kappa shape index (κ3) is 2.16. The van der Waals surface area contributed by atoms with Gasteiger partial charge in [0.25, 0.3) is 0 Å². The fourth-order valence-electron chi connectivity index (χ4n) is 1.53. The first-order valence-electron chi connectivity index (χ1n) is 5.01. The average molecular weight is 222 g/mol. The lowest BCUT2D eigenvalue weighted by Gasteiger charge is -2.36. The van der Waals surface area contributed by atoms with E-state index in [0.29, 0.717) is 0 Å². The highest BCUT2D eigenvalue weighted by Crippen LogP contribution is 2.34. The number of nitrogens with one attached hydrogen (secondary N) is 1. The molecule has 1 aromatic rings. The summed E-state index contributed by atoms with van der Waals surface area (Å²) in [7, 11) is 0. The Morgan fingerprint density at radius 3 is 2.67 bits per heavy atom. The zero-order valence-corrected chi connectivity index (χ0v) is 9.22. The minimum atomic E-state index is -0.313. The maximum atomic E-state index is 10.9. The lowest BCUT2D eigenvalue weighted by atomic mass is 9.79. The first-order chi connectivity index (χ1) is 7.26. The number of carbonyl (C=O) groups is 1. The molecule has 4 heteroatoms. The quantitative estimate of drug-likeness (QED) is 0.465. The molecule has 1 fully saturated rings. The highest BCUT2D eigenvalue weighted by molar-refractivity contribution is 7.97. The maximum absolute atomic E-state index is 10.9. The van der Waals surface area contributed by atoms with E-state index in [1.54, 1.807) is 0 Å². The molecule has 0 bridgehead atoms. The average Bonchev–Trinajstić information content (AvgIpc) is 2.19. The standard InChI is InChI=1S/C11H14N2OS/c12-9-4-1-2-5-10(9)15-13-11(8-14)6-3-7-11/h1-2,4-5,8,13H,3,6-7,12H2. The highest BCUT2D eigenvalue weighted by Gasteiger charge is 2.36. The van der Waals surface area contributed by atoms with Gasteiger partial charge in [-0.25, -0.2) is 4.72 Å². The molecule has 0 spiro atoms. The second-order valence-electron chi connectivity index (χ2n) is 3.87. The zero-order chi connectivity index (χ0) is 10.7. The highest BCUT2D eigenvalue weighted by atomic mass is 32.2. The van der Waals surface area contributed by atoms with E-state index in [-0.39, 0.29) is 5.54 Å². The van der Waals surface area contributed by atoms with Crippen molar-refractivity contribution in [2.24, 2.45) is 0 Å². The second kappa shape index (κ2) is 4.24. The molecular weight excluding hydrogens is 208 g/mol. The van der Waals surface area contributed by atoms with Crippen LogP contribution in [0.1, 0.15) is 19.3 Å². The van der Waals surface area contributed by atoms with E-state index in [1.165, 1.54) is 11.9 Å².